The Morgan fingerprint density at radius 2 is 1.86 bits per heavy atom. The van der Waals surface area contributed by atoms with Gasteiger partial charge in [0.25, 0.3) is 5.91 Å². The number of pyridine rings is 3. The molecule has 3 aliphatic rings. The molecule has 3 aliphatic heterocycles. The summed E-state index contributed by atoms with van der Waals surface area (Å²) in [6.45, 7) is 2.65. The average Bonchev–Trinajstić information content (AvgIpc) is 3.09. The van der Waals surface area contributed by atoms with E-state index in [4.69, 9.17) is 19.4 Å². The smallest absolute Gasteiger partial charge is 0.251 e. The molecule has 14 heteroatoms. The SMILES string of the molecule is O=C(NCc1cc2nc(N3CCOc4ccc(N5CCC5)nc43)ccc2cn1)c1cc(F)c2c(c1)S(=O)(=O)[C@@H](F)CCO2. The van der Waals surface area contributed by atoms with Crippen molar-refractivity contribution in [3.05, 3.63) is 65.7 Å². The van der Waals surface area contributed by atoms with Crippen molar-refractivity contribution >= 4 is 44.1 Å². The number of halogens is 2. The molecule has 1 atom stereocenters. The summed E-state index contributed by atoms with van der Waals surface area (Å²) in [6.07, 6.45) is 2.34. The van der Waals surface area contributed by atoms with Gasteiger partial charge in [-0.3, -0.25) is 9.78 Å². The molecular weight excluding hydrogens is 582 g/mol. The highest BCUT2D eigenvalue weighted by molar-refractivity contribution is 7.92. The Kier molecular flexibility index (Phi) is 6.72. The van der Waals surface area contributed by atoms with Crippen molar-refractivity contribution in [3.63, 3.8) is 0 Å². The molecule has 222 valence electrons. The van der Waals surface area contributed by atoms with E-state index in [1.54, 1.807) is 12.3 Å². The Morgan fingerprint density at radius 3 is 2.67 bits per heavy atom. The second kappa shape index (κ2) is 10.6. The van der Waals surface area contributed by atoms with Crippen LogP contribution in [0.4, 0.5) is 26.2 Å². The summed E-state index contributed by atoms with van der Waals surface area (Å²) in [4.78, 5) is 30.5. The summed E-state index contributed by atoms with van der Waals surface area (Å²) >= 11 is 0. The number of ether oxygens (including phenoxy) is 2. The number of nitrogens with one attached hydrogen (secondary N) is 1. The van der Waals surface area contributed by atoms with Gasteiger partial charge in [-0.15, -0.1) is 0 Å². The van der Waals surface area contributed by atoms with E-state index in [0.717, 1.165) is 42.8 Å². The van der Waals surface area contributed by atoms with Crippen LogP contribution in [0.2, 0.25) is 0 Å². The summed E-state index contributed by atoms with van der Waals surface area (Å²) < 4.78 is 65.0. The van der Waals surface area contributed by atoms with Gasteiger partial charge < -0.3 is 24.6 Å². The molecule has 0 bridgehead atoms. The molecule has 0 aliphatic carbocycles. The molecule has 43 heavy (non-hydrogen) atoms. The molecule has 11 nitrogen and oxygen atoms in total. The number of rotatable bonds is 5. The number of carbonyl (C=O) groups is 1. The maximum Gasteiger partial charge on any atom is 0.251 e. The maximum atomic E-state index is 14.7. The standard InChI is InChI=1S/C29H26F2N6O5S/c30-20-12-18(13-23-27(20)42-10-6-24(31)43(23,39)40)29(38)33-16-19-14-21-17(15-32-19)2-4-26(34-21)37-9-11-41-22-3-5-25(35-28(22)37)36-7-1-8-36/h2-5,12-15,24H,1,6-11,16H2,(H,33,38)/t24-/m1/s1. The van der Waals surface area contributed by atoms with E-state index < -0.39 is 44.1 Å². The first kappa shape index (κ1) is 27.3. The predicted octanol–water partition coefficient (Wildman–Crippen LogP) is 3.69. The highest BCUT2D eigenvalue weighted by Crippen LogP contribution is 2.37. The summed E-state index contributed by atoms with van der Waals surface area (Å²) in [5, 5.41) is 3.41. The molecule has 4 aromatic rings. The second-order valence-corrected chi connectivity index (χ2v) is 12.5. The zero-order valence-electron chi connectivity index (χ0n) is 22.8. The fourth-order valence-electron chi connectivity index (χ4n) is 5.19. The monoisotopic (exact) mass is 608 g/mol. The molecule has 1 aromatic carbocycles. The summed E-state index contributed by atoms with van der Waals surface area (Å²) in [5.74, 6) is 0.569. The van der Waals surface area contributed by atoms with Crippen LogP contribution in [0.5, 0.6) is 11.5 Å². The lowest BCUT2D eigenvalue weighted by atomic mass is 10.2. The second-order valence-electron chi connectivity index (χ2n) is 10.4. The minimum atomic E-state index is -4.52. The van der Waals surface area contributed by atoms with Gasteiger partial charge >= 0.3 is 0 Å². The topological polar surface area (TPSA) is 127 Å². The van der Waals surface area contributed by atoms with Crippen molar-refractivity contribution in [2.45, 2.75) is 29.8 Å². The van der Waals surface area contributed by atoms with Crippen LogP contribution in [0, 0.1) is 5.82 Å². The van der Waals surface area contributed by atoms with Gasteiger partial charge in [-0.25, -0.2) is 27.2 Å². The molecule has 0 unspecified atom stereocenters. The number of nitrogens with zero attached hydrogens (tertiary/aromatic N) is 5. The van der Waals surface area contributed by atoms with Crippen molar-refractivity contribution in [2.75, 3.05) is 42.6 Å². The van der Waals surface area contributed by atoms with Crippen molar-refractivity contribution in [1.82, 2.24) is 20.3 Å². The van der Waals surface area contributed by atoms with Gasteiger partial charge in [-0.1, -0.05) is 0 Å². The van der Waals surface area contributed by atoms with Crippen molar-refractivity contribution < 1.29 is 31.5 Å². The Morgan fingerprint density at radius 1 is 1.02 bits per heavy atom. The van der Waals surface area contributed by atoms with E-state index in [1.807, 2.05) is 29.2 Å². The number of carbonyl (C=O) groups excluding carboxylic acids is 1. The largest absolute Gasteiger partial charge is 0.489 e. The van der Waals surface area contributed by atoms with Crippen molar-refractivity contribution in [3.8, 4) is 11.5 Å². The van der Waals surface area contributed by atoms with Gasteiger partial charge in [0.15, 0.2) is 23.1 Å². The summed E-state index contributed by atoms with van der Waals surface area (Å²) in [5.41, 5.74) is -1.43. The molecule has 3 aromatic heterocycles. The minimum Gasteiger partial charge on any atom is -0.489 e. The Hall–Kier alpha value is -4.59. The van der Waals surface area contributed by atoms with E-state index in [9.17, 15) is 22.0 Å². The van der Waals surface area contributed by atoms with Crippen LogP contribution in [-0.4, -0.2) is 67.6 Å². The Bertz CT molecular complexity index is 1870. The van der Waals surface area contributed by atoms with Crippen LogP contribution < -0.4 is 24.6 Å². The normalized spacial score (nSPS) is 18.9. The predicted molar refractivity (Wildman–Crippen MR) is 153 cm³/mol. The quantitative estimate of drug-likeness (QED) is 0.359. The number of sulfone groups is 1. The van der Waals surface area contributed by atoms with Crippen LogP contribution in [0.3, 0.4) is 0 Å². The molecule has 1 saturated heterocycles. The molecule has 1 N–H and O–H groups in total. The van der Waals surface area contributed by atoms with E-state index in [1.165, 1.54) is 0 Å². The highest BCUT2D eigenvalue weighted by Gasteiger charge is 2.35. The number of hydrogen-bond donors (Lipinski definition) is 1. The number of amides is 1. The van der Waals surface area contributed by atoms with Gasteiger partial charge in [0.05, 0.1) is 30.9 Å². The molecule has 0 saturated carbocycles. The first-order valence-corrected chi connectivity index (χ1v) is 15.4. The lowest BCUT2D eigenvalue weighted by molar-refractivity contribution is 0.0949. The fourth-order valence-corrected chi connectivity index (χ4v) is 6.58. The Balaban J connectivity index is 1.12. The molecule has 7 rings (SSSR count). The molecule has 1 amide bonds. The Labute approximate surface area is 245 Å². The van der Waals surface area contributed by atoms with Crippen molar-refractivity contribution in [1.29, 1.82) is 0 Å². The zero-order valence-corrected chi connectivity index (χ0v) is 23.6. The fraction of sp³-hybridized carbons (Fsp3) is 0.310. The third kappa shape index (κ3) is 4.94. The van der Waals surface area contributed by atoms with Gasteiger partial charge in [-0.2, -0.15) is 0 Å². The summed E-state index contributed by atoms with van der Waals surface area (Å²) in [6, 6.07) is 11.2. The first-order valence-electron chi connectivity index (χ1n) is 13.8. The minimum absolute atomic E-state index is 0.0461. The van der Waals surface area contributed by atoms with Crippen molar-refractivity contribution in [2.24, 2.45) is 0 Å². The number of aromatic nitrogens is 3. The first-order chi connectivity index (χ1) is 20.8. The molecular formula is C29H26F2N6O5S. The molecule has 0 spiro atoms. The third-order valence-electron chi connectivity index (χ3n) is 7.66. The molecule has 0 radical (unpaired) electrons. The summed E-state index contributed by atoms with van der Waals surface area (Å²) in [7, 11) is -4.52. The van der Waals surface area contributed by atoms with E-state index in [2.05, 4.69) is 15.2 Å². The number of benzene rings is 1. The lowest BCUT2D eigenvalue weighted by Gasteiger charge is -2.34. The van der Waals surface area contributed by atoms with Crippen LogP contribution in [0.1, 0.15) is 28.9 Å². The third-order valence-corrected chi connectivity index (χ3v) is 9.49. The van der Waals surface area contributed by atoms with Gasteiger partial charge in [0, 0.05) is 36.7 Å². The van der Waals surface area contributed by atoms with Gasteiger partial charge in [0.2, 0.25) is 15.3 Å². The van der Waals surface area contributed by atoms with E-state index in [-0.39, 0.29) is 18.7 Å². The maximum absolute atomic E-state index is 14.7. The van der Waals surface area contributed by atoms with Crippen LogP contribution >= 0.6 is 0 Å². The lowest BCUT2D eigenvalue weighted by Crippen LogP contribution is -2.38. The van der Waals surface area contributed by atoms with Crippen LogP contribution in [-0.2, 0) is 16.4 Å². The van der Waals surface area contributed by atoms with Gasteiger partial charge in [-0.05, 0) is 48.9 Å². The van der Waals surface area contributed by atoms with Crippen LogP contribution in [0.15, 0.2) is 53.6 Å². The molecule has 1 fully saturated rings. The van der Waals surface area contributed by atoms with Gasteiger partial charge in [0.1, 0.15) is 23.1 Å². The number of alkyl halides is 1. The number of anilines is 3. The highest BCUT2D eigenvalue weighted by atomic mass is 32.2. The van der Waals surface area contributed by atoms with Crippen LogP contribution in [0.25, 0.3) is 10.9 Å². The van der Waals surface area contributed by atoms with E-state index in [0.29, 0.717) is 41.7 Å². The average molecular weight is 609 g/mol. The number of hydrogen-bond acceptors (Lipinski definition) is 10. The zero-order chi connectivity index (χ0) is 29.7. The number of fused-ring (bicyclic) bond motifs is 3. The van der Waals surface area contributed by atoms with E-state index >= 15 is 0 Å². The molecule has 6 heterocycles.